The van der Waals surface area contributed by atoms with E-state index in [0.29, 0.717) is 12.4 Å². The summed E-state index contributed by atoms with van der Waals surface area (Å²) in [6, 6.07) is 3.54. The minimum absolute atomic E-state index is 0.0133. The quantitative estimate of drug-likeness (QED) is 0.703. The summed E-state index contributed by atoms with van der Waals surface area (Å²) >= 11 is 0. The van der Waals surface area contributed by atoms with Gasteiger partial charge in [0.15, 0.2) is 0 Å². The lowest BCUT2D eigenvalue weighted by Gasteiger charge is -2.56. The van der Waals surface area contributed by atoms with Gasteiger partial charge in [-0.15, -0.1) is 0 Å². The molecule has 5 aliphatic carbocycles. The van der Waals surface area contributed by atoms with Gasteiger partial charge in [0.25, 0.3) is 0 Å². The van der Waals surface area contributed by atoms with Gasteiger partial charge < -0.3 is 15.0 Å². The third-order valence-electron chi connectivity index (χ3n) is 9.16. The van der Waals surface area contributed by atoms with E-state index in [-0.39, 0.29) is 29.4 Å². The summed E-state index contributed by atoms with van der Waals surface area (Å²) in [6.07, 6.45) is 15.5. The Morgan fingerprint density at radius 3 is 2.42 bits per heavy atom. The number of ether oxygens (including phenoxy) is 1. The first-order chi connectivity index (χ1) is 16.1. The van der Waals surface area contributed by atoms with Crippen molar-refractivity contribution in [2.75, 3.05) is 6.54 Å². The smallest absolute Gasteiger partial charge is 0.243 e. The van der Waals surface area contributed by atoms with Crippen molar-refractivity contribution < 1.29 is 14.3 Å². The first-order valence-electron chi connectivity index (χ1n) is 13.3. The third-order valence-corrected chi connectivity index (χ3v) is 9.16. The minimum Gasteiger partial charge on any atom is -0.474 e. The fraction of sp³-hybridized carbons (Fsp3) is 0.741. The summed E-state index contributed by atoms with van der Waals surface area (Å²) in [5.41, 5.74) is 0.818. The van der Waals surface area contributed by atoms with Crippen molar-refractivity contribution in [2.45, 2.75) is 95.7 Å². The highest BCUT2D eigenvalue weighted by Crippen LogP contribution is 2.60. The number of amides is 2. The van der Waals surface area contributed by atoms with Crippen LogP contribution in [0.5, 0.6) is 5.88 Å². The van der Waals surface area contributed by atoms with Gasteiger partial charge in [0.05, 0.1) is 5.41 Å². The molecule has 33 heavy (non-hydrogen) atoms. The highest BCUT2D eigenvalue weighted by molar-refractivity contribution is 5.91. The standard InChI is InChI=1S/C27H37N3O3/c31-25(29-17-18-7-8-28-24(13-18)33-22-4-1-2-5-22)23-6-3-9-30(23)26(32)27-14-19-10-20(15-27)12-21(11-19)16-27/h7-8,13,19-23H,1-6,9-12,14-17H2,(H,29,31). The van der Waals surface area contributed by atoms with E-state index in [2.05, 4.69) is 10.3 Å². The van der Waals surface area contributed by atoms with Crippen molar-refractivity contribution in [1.29, 1.82) is 0 Å². The molecule has 1 unspecified atom stereocenters. The second-order valence-corrected chi connectivity index (χ2v) is 11.6. The zero-order chi connectivity index (χ0) is 22.4. The lowest BCUT2D eigenvalue weighted by atomic mass is 9.49. The van der Waals surface area contributed by atoms with E-state index in [1.165, 1.54) is 32.1 Å². The highest BCUT2D eigenvalue weighted by atomic mass is 16.5. The second kappa shape index (κ2) is 8.59. The molecule has 1 saturated heterocycles. The van der Waals surface area contributed by atoms with Crippen LogP contribution in [-0.4, -0.2) is 40.4 Å². The number of likely N-dealkylation sites (tertiary alicyclic amines) is 1. The fourth-order valence-electron chi connectivity index (χ4n) is 8.07. The molecule has 1 N–H and O–H groups in total. The molecule has 1 aromatic heterocycles. The SMILES string of the molecule is O=C(NCc1ccnc(OC2CCCC2)c1)C1CCCN1C(=O)C12CC3CC(CC(C3)C1)C2. The van der Waals surface area contributed by atoms with Gasteiger partial charge in [0, 0.05) is 25.4 Å². The number of carbonyl (C=O) groups is 2. The topological polar surface area (TPSA) is 71.5 Å². The van der Waals surface area contributed by atoms with Crippen LogP contribution in [0.2, 0.25) is 0 Å². The summed E-state index contributed by atoms with van der Waals surface area (Å²) in [6.45, 7) is 1.17. The first kappa shape index (κ1) is 21.4. The van der Waals surface area contributed by atoms with E-state index in [0.717, 1.165) is 74.8 Å². The van der Waals surface area contributed by atoms with Crippen molar-refractivity contribution >= 4 is 11.8 Å². The fourth-order valence-corrected chi connectivity index (χ4v) is 8.07. The number of aromatic nitrogens is 1. The van der Waals surface area contributed by atoms with Crippen molar-refractivity contribution in [3.63, 3.8) is 0 Å². The van der Waals surface area contributed by atoms with Crippen molar-refractivity contribution in [3.8, 4) is 5.88 Å². The summed E-state index contributed by atoms with van der Waals surface area (Å²) in [7, 11) is 0. The summed E-state index contributed by atoms with van der Waals surface area (Å²) < 4.78 is 6.01. The number of hydrogen-bond acceptors (Lipinski definition) is 4. The molecule has 0 spiro atoms. The monoisotopic (exact) mass is 451 g/mol. The van der Waals surface area contributed by atoms with E-state index >= 15 is 0 Å². The maximum absolute atomic E-state index is 13.8. The maximum atomic E-state index is 13.8. The molecule has 4 bridgehead atoms. The lowest BCUT2D eigenvalue weighted by Crippen LogP contribution is -2.57. The Labute approximate surface area is 196 Å². The molecule has 2 amide bonds. The van der Waals surface area contributed by atoms with Gasteiger partial charge >= 0.3 is 0 Å². The summed E-state index contributed by atoms with van der Waals surface area (Å²) in [5.74, 6) is 3.14. The molecule has 0 aromatic carbocycles. The molecule has 6 fully saturated rings. The molecule has 6 heteroatoms. The minimum atomic E-state index is -0.318. The number of pyridine rings is 1. The number of hydrogen-bond donors (Lipinski definition) is 1. The average molecular weight is 452 g/mol. The van der Waals surface area contributed by atoms with Crippen LogP contribution in [0.15, 0.2) is 18.3 Å². The Morgan fingerprint density at radius 2 is 1.73 bits per heavy atom. The molecule has 7 rings (SSSR count). The van der Waals surface area contributed by atoms with Gasteiger partial charge in [-0.3, -0.25) is 9.59 Å². The molecule has 5 saturated carbocycles. The van der Waals surface area contributed by atoms with Gasteiger partial charge in [-0.1, -0.05) is 0 Å². The largest absolute Gasteiger partial charge is 0.474 e. The Kier molecular flexibility index (Phi) is 5.58. The Balaban J connectivity index is 1.08. The van der Waals surface area contributed by atoms with Crippen molar-refractivity contribution in [1.82, 2.24) is 15.2 Å². The predicted molar refractivity (Wildman–Crippen MR) is 124 cm³/mol. The van der Waals surface area contributed by atoms with Crippen LogP contribution in [0.1, 0.15) is 82.6 Å². The van der Waals surface area contributed by atoms with Crippen LogP contribution in [0.4, 0.5) is 0 Å². The van der Waals surface area contributed by atoms with Gasteiger partial charge in [-0.05, 0) is 106 Å². The molecule has 6 aliphatic rings. The summed E-state index contributed by atoms with van der Waals surface area (Å²) in [5, 5.41) is 3.10. The van der Waals surface area contributed by atoms with Gasteiger partial charge in [0.1, 0.15) is 12.1 Å². The van der Waals surface area contributed by atoms with Crippen LogP contribution in [0.25, 0.3) is 0 Å². The molecule has 1 atom stereocenters. The Bertz CT molecular complexity index is 874. The van der Waals surface area contributed by atoms with E-state index in [1.54, 1.807) is 6.20 Å². The van der Waals surface area contributed by atoms with Crippen molar-refractivity contribution in [3.05, 3.63) is 23.9 Å². The number of carbonyl (C=O) groups excluding carboxylic acids is 2. The van der Waals surface area contributed by atoms with Crippen LogP contribution in [-0.2, 0) is 16.1 Å². The van der Waals surface area contributed by atoms with Gasteiger partial charge in [-0.2, -0.15) is 0 Å². The van der Waals surface area contributed by atoms with E-state index < -0.39 is 0 Å². The second-order valence-electron chi connectivity index (χ2n) is 11.6. The normalized spacial score (nSPS) is 35.2. The number of nitrogens with zero attached hydrogens (tertiary/aromatic N) is 2. The third kappa shape index (κ3) is 4.15. The Hall–Kier alpha value is -2.11. The molecule has 1 aromatic rings. The van der Waals surface area contributed by atoms with Gasteiger partial charge in [0.2, 0.25) is 17.7 Å². The zero-order valence-corrected chi connectivity index (χ0v) is 19.6. The molecule has 2 heterocycles. The van der Waals surface area contributed by atoms with Crippen LogP contribution in [0.3, 0.4) is 0 Å². The number of rotatable bonds is 6. The van der Waals surface area contributed by atoms with Crippen molar-refractivity contribution in [2.24, 2.45) is 23.2 Å². The van der Waals surface area contributed by atoms with E-state index in [9.17, 15) is 9.59 Å². The van der Waals surface area contributed by atoms with E-state index in [4.69, 9.17) is 4.74 Å². The average Bonchev–Trinajstić information content (AvgIpc) is 3.48. The van der Waals surface area contributed by atoms with Crippen LogP contribution < -0.4 is 10.1 Å². The zero-order valence-electron chi connectivity index (χ0n) is 19.6. The predicted octanol–water partition coefficient (Wildman–Crippen LogP) is 4.23. The highest BCUT2D eigenvalue weighted by Gasteiger charge is 2.56. The molecule has 0 radical (unpaired) electrons. The van der Waals surface area contributed by atoms with Crippen LogP contribution in [0, 0.1) is 23.2 Å². The molecule has 1 aliphatic heterocycles. The summed E-state index contributed by atoms with van der Waals surface area (Å²) in [4.78, 5) is 33.3. The van der Waals surface area contributed by atoms with Gasteiger partial charge in [-0.25, -0.2) is 4.98 Å². The molecular formula is C27H37N3O3. The Morgan fingerprint density at radius 1 is 1.03 bits per heavy atom. The molecule has 6 nitrogen and oxygen atoms in total. The molecular weight excluding hydrogens is 414 g/mol. The number of nitrogens with one attached hydrogen (secondary N) is 1. The first-order valence-corrected chi connectivity index (χ1v) is 13.3. The lowest BCUT2D eigenvalue weighted by molar-refractivity contribution is -0.160. The molecule has 178 valence electrons. The van der Waals surface area contributed by atoms with E-state index in [1.807, 2.05) is 17.0 Å². The van der Waals surface area contributed by atoms with Crippen LogP contribution >= 0.6 is 0 Å². The maximum Gasteiger partial charge on any atom is 0.243 e.